The Bertz CT molecular complexity index is 169. The van der Waals surface area contributed by atoms with E-state index in [0.717, 1.165) is 19.3 Å². The third kappa shape index (κ3) is 6.99. The molecular formula is C13H26O4. The van der Waals surface area contributed by atoms with Gasteiger partial charge in [0.05, 0.1) is 25.9 Å². The van der Waals surface area contributed by atoms with Crippen LogP contribution < -0.4 is 0 Å². The highest BCUT2D eigenvalue weighted by atomic mass is 16.5. The van der Waals surface area contributed by atoms with Crippen molar-refractivity contribution in [3.8, 4) is 0 Å². The molecule has 0 bridgehead atoms. The van der Waals surface area contributed by atoms with E-state index in [-0.39, 0.29) is 6.10 Å². The molecule has 1 N–H and O–H groups in total. The quantitative estimate of drug-likeness (QED) is 0.595. The van der Waals surface area contributed by atoms with Crippen LogP contribution in [0.3, 0.4) is 0 Å². The van der Waals surface area contributed by atoms with Gasteiger partial charge in [-0.05, 0) is 25.2 Å². The van der Waals surface area contributed by atoms with Crippen molar-refractivity contribution in [1.29, 1.82) is 0 Å². The lowest BCUT2D eigenvalue weighted by Crippen LogP contribution is -2.24. The van der Waals surface area contributed by atoms with Gasteiger partial charge in [-0.1, -0.05) is 12.8 Å². The minimum atomic E-state index is -0.271. The fraction of sp³-hybridized carbons (Fsp3) is 1.00. The van der Waals surface area contributed by atoms with Crippen molar-refractivity contribution in [1.82, 2.24) is 0 Å². The topological polar surface area (TPSA) is 47.9 Å². The lowest BCUT2D eigenvalue weighted by atomic mass is 10.0. The maximum atomic E-state index is 9.85. The molecule has 0 radical (unpaired) electrons. The molecule has 102 valence electrons. The van der Waals surface area contributed by atoms with E-state index < -0.39 is 0 Å². The second kappa shape index (κ2) is 9.83. The molecule has 0 heterocycles. The van der Waals surface area contributed by atoms with Crippen molar-refractivity contribution in [3.05, 3.63) is 0 Å². The van der Waals surface area contributed by atoms with Crippen molar-refractivity contribution in [2.75, 3.05) is 40.1 Å². The third-order valence-electron chi connectivity index (χ3n) is 3.24. The summed E-state index contributed by atoms with van der Waals surface area (Å²) in [5, 5.41) is 9.85. The summed E-state index contributed by atoms with van der Waals surface area (Å²) in [5.41, 5.74) is 0. The van der Waals surface area contributed by atoms with Crippen LogP contribution in [0.15, 0.2) is 0 Å². The first kappa shape index (κ1) is 14.9. The van der Waals surface area contributed by atoms with Gasteiger partial charge < -0.3 is 19.3 Å². The van der Waals surface area contributed by atoms with E-state index in [9.17, 15) is 5.11 Å². The summed E-state index contributed by atoms with van der Waals surface area (Å²) in [6.07, 6.45) is 5.44. The van der Waals surface area contributed by atoms with Gasteiger partial charge in [0, 0.05) is 20.3 Å². The molecule has 0 aromatic carbocycles. The normalized spacial score (nSPS) is 18.7. The van der Waals surface area contributed by atoms with Gasteiger partial charge in [0.25, 0.3) is 0 Å². The van der Waals surface area contributed by atoms with E-state index >= 15 is 0 Å². The number of hydrogen-bond donors (Lipinski definition) is 1. The van der Waals surface area contributed by atoms with Crippen LogP contribution in [0.2, 0.25) is 0 Å². The van der Waals surface area contributed by atoms with E-state index in [1.54, 1.807) is 7.11 Å². The minimum Gasteiger partial charge on any atom is -0.390 e. The Balaban J connectivity index is 1.83. The Labute approximate surface area is 104 Å². The highest BCUT2D eigenvalue weighted by Gasteiger charge is 2.22. The van der Waals surface area contributed by atoms with Crippen LogP contribution in [-0.2, 0) is 14.2 Å². The summed E-state index contributed by atoms with van der Waals surface area (Å²) >= 11 is 0. The molecule has 17 heavy (non-hydrogen) atoms. The third-order valence-corrected chi connectivity index (χ3v) is 3.24. The van der Waals surface area contributed by atoms with Gasteiger partial charge in [0.2, 0.25) is 0 Å². The highest BCUT2D eigenvalue weighted by molar-refractivity contribution is 4.74. The van der Waals surface area contributed by atoms with Gasteiger partial charge >= 0.3 is 0 Å². The van der Waals surface area contributed by atoms with Crippen LogP contribution in [-0.4, -0.2) is 51.4 Å². The number of hydrogen-bond acceptors (Lipinski definition) is 4. The lowest BCUT2D eigenvalue weighted by Gasteiger charge is -2.17. The predicted molar refractivity (Wildman–Crippen MR) is 66.1 cm³/mol. The summed E-state index contributed by atoms with van der Waals surface area (Å²) in [7, 11) is 1.66. The molecule has 0 spiro atoms. The maximum Gasteiger partial charge on any atom is 0.0801 e. The predicted octanol–water partition coefficient (Wildman–Crippen LogP) is 1.61. The second-order valence-corrected chi connectivity index (χ2v) is 4.65. The second-order valence-electron chi connectivity index (χ2n) is 4.65. The van der Waals surface area contributed by atoms with Gasteiger partial charge in [0.1, 0.15) is 0 Å². The monoisotopic (exact) mass is 246 g/mol. The van der Waals surface area contributed by atoms with Crippen molar-refractivity contribution in [2.24, 2.45) is 5.92 Å². The van der Waals surface area contributed by atoms with Crippen LogP contribution >= 0.6 is 0 Å². The lowest BCUT2D eigenvalue weighted by molar-refractivity contribution is -0.00335. The first-order valence-electron chi connectivity index (χ1n) is 6.67. The molecule has 1 saturated carbocycles. The summed E-state index contributed by atoms with van der Waals surface area (Å²) in [6.45, 7) is 3.12. The van der Waals surface area contributed by atoms with Crippen LogP contribution in [0.25, 0.3) is 0 Å². The van der Waals surface area contributed by atoms with Crippen LogP contribution in [0.1, 0.15) is 32.1 Å². The van der Waals surface area contributed by atoms with E-state index in [2.05, 4.69) is 0 Å². The first-order valence-corrected chi connectivity index (χ1v) is 6.67. The molecule has 0 aliphatic heterocycles. The van der Waals surface area contributed by atoms with E-state index in [0.29, 0.717) is 39.0 Å². The van der Waals surface area contributed by atoms with E-state index in [4.69, 9.17) is 14.2 Å². The summed E-state index contributed by atoms with van der Waals surface area (Å²) in [5.74, 6) is 0.466. The molecule has 0 amide bonds. The minimum absolute atomic E-state index is 0.271. The number of rotatable bonds is 10. The zero-order chi connectivity index (χ0) is 12.3. The highest BCUT2D eigenvalue weighted by Crippen LogP contribution is 2.27. The van der Waals surface area contributed by atoms with Crippen molar-refractivity contribution in [2.45, 2.75) is 38.2 Å². The average molecular weight is 246 g/mol. The maximum absolute atomic E-state index is 9.85. The molecule has 1 fully saturated rings. The molecule has 4 heteroatoms. The Kier molecular flexibility index (Phi) is 8.61. The Morgan fingerprint density at radius 3 is 2.47 bits per heavy atom. The number of methoxy groups -OCH3 is 1. The van der Waals surface area contributed by atoms with E-state index in [1.807, 2.05) is 0 Å². The fourth-order valence-corrected chi connectivity index (χ4v) is 2.19. The Morgan fingerprint density at radius 2 is 1.76 bits per heavy atom. The standard InChI is InChI=1S/C13H26O4/c1-15-9-10-16-7-4-8-17-11-13(14)12-5-2-3-6-12/h12-14H,2-11H2,1H3. The molecular weight excluding hydrogens is 220 g/mol. The fourth-order valence-electron chi connectivity index (χ4n) is 2.19. The Morgan fingerprint density at radius 1 is 1.06 bits per heavy atom. The Hall–Kier alpha value is -0.160. The van der Waals surface area contributed by atoms with Crippen molar-refractivity contribution < 1.29 is 19.3 Å². The smallest absolute Gasteiger partial charge is 0.0801 e. The van der Waals surface area contributed by atoms with Gasteiger partial charge in [-0.25, -0.2) is 0 Å². The van der Waals surface area contributed by atoms with Gasteiger partial charge in [-0.2, -0.15) is 0 Å². The van der Waals surface area contributed by atoms with Gasteiger partial charge in [-0.15, -0.1) is 0 Å². The molecule has 1 unspecified atom stereocenters. The number of aliphatic hydroxyl groups excluding tert-OH is 1. The molecule has 1 aliphatic rings. The molecule has 4 nitrogen and oxygen atoms in total. The zero-order valence-corrected chi connectivity index (χ0v) is 10.9. The van der Waals surface area contributed by atoms with Crippen molar-refractivity contribution in [3.63, 3.8) is 0 Å². The number of ether oxygens (including phenoxy) is 3. The molecule has 1 atom stereocenters. The van der Waals surface area contributed by atoms with Crippen molar-refractivity contribution >= 4 is 0 Å². The largest absolute Gasteiger partial charge is 0.390 e. The molecule has 1 aliphatic carbocycles. The molecule has 0 aromatic heterocycles. The molecule has 0 aromatic rings. The number of aliphatic hydroxyl groups is 1. The summed E-state index contributed by atoms with van der Waals surface area (Å²) < 4.78 is 15.6. The summed E-state index contributed by atoms with van der Waals surface area (Å²) in [6, 6.07) is 0. The SMILES string of the molecule is COCCOCCCOCC(O)C1CCCC1. The molecule has 1 rings (SSSR count). The average Bonchev–Trinajstić information content (AvgIpc) is 2.86. The van der Waals surface area contributed by atoms with Gasteiger partial charge in [0.15, 0.2) is 0 Å². The zero-order valence-electron chi connectivity index (χ0n) is 10.9. The summed E-state index contributed by atoms with van der Waals surface area (Å²) in [4.78, 5) is 0. The van der Waals surface area contributed by atoms with Crippen LogP contribution in [0, 0.1) is 5.92 Å². The first-order chi connectivity index (χ1) is 8.34. The van der Waals surface area contributed by atoms with Gasteiger partial charge in [-0.3, -0.25) is 0 Å². The van der Waals surface area contributed by atoms with Crippen LogP contribution in [0.4, 0.5) is 0 Å². The molecule has 0 saturated heterocycles. The van der Waals surface area contributed by atoms with Crippen LogP contribution in [0.5, 0.6) is 0 Å². The van der Waals surface area contributed by atoms with E-state index in [1.165, 1.54) is 12.8 Å².